The molecule has 0 radical (unpaired) electrons. The zero-order valence-electron chi connectivity index (χ0n) is 14.4. The summed E-state index contributed by atoms with van der Waals surface area (Å²) < 4.78 is 0. The number of amides is 2. The van der Waals surface area contributed by atoms with Gasteiger partial charge < -0.3 is 15.0 Å². The number of aldehydes is 1. The molecule has 1 N–H and O–H groups in total. The van der Waals surface area contributed by atoms with E-state index in [1.54, 1.807) is 11.9 Å². The molecule has 126 valence electrons. The maximum absolute atomic E-state index is 12.4. The zero-order chi connectivity index (χ0) is 17.4. The smallest absolute Gasteiger partial charge is 0.255 e. The second-order valence-corrected chi connectivity index (χ2v) is 5.19. The second kappa shape index (κ2) is 9.08. The Morgan fingerprint density at radius 2 is 2.09 bits per heavy atom. The zero-order valence-corrected chi connectivity index (χ0v) is 14.4. The Morgan fingerprint density at radius 3 is 2.65 bits per heavy atom. The molecular formula is C18H26N2O3. The minimum absolute atomic E-state index is 0.123. The van der Waals surface area contributed by atoms with Crippen molar-refractivity contribution in [2.24, 2.45) is 0 Å². The molecule has 5 heteroatoms. The number of nitrogens with one attached hydrogen (secondary N) is 1. The lowest BCUT2D eigenvalue weighted by Crippen LogP contribution is -2.37. The minimum Gasteiger partial charge on any atom is -0.359 e. The van der Waals surface area contributed by atoms with Crippen molar-refractivity contribution < 1.29 is 14.4 Å². The Bertz CT molecular complexity index is 569. The lowest BCUT2D eigenvalue weighted by molar-refractivity contribution is -0.121. The molecular weight excluding hydrogens is 292 g/mol. The molecule has 0 saturated carbocycles. The van der Waals surface area contributed by atoms with Gasteiger partial charge in [-0.2, -0.15) is 0 Å². The maximum atomic E-state index is 12.4. The van der Waals surface area contributed by atoms with E-state index in [2.05, 4.69) is 12.2 Å². The van der Waals surface area contributed by atoms with Crippen molar-refractivity contribution in [2.45, 2.75) is 52.6 Å². The van der Waals surface area contributed by atoms with Crippen LogP contribution in [0.5, 0.6) is 0 Å². The normalized spacial score (nSPS) is 13.7. The van der Waals surface area contributed by atoms with Crippen LogP contribution in [0, 0.1) is 0 Å². The van der Waals surface area contributed by atoms with Crippen molar-refractivity contribution >= 4 is 18.1 Å². The van der Waals surface area contributed by atoms with Gasteiger partial charge in [0, 0.05) is 25.6 Å². The fraction of sp³-hybridized carbons (Fsp3) is 0.500. The Balaban J connectivity index is 0.00000127. The SMILES string of the molecule is CC.CCc1ccc2c(c1)CN(C(C=O)CCC(=O)NC)C2=O. The van der Waals surface area contributed by atoms with Crippen molar-refractivity contribution in [3.63, 3.8) is 0 Å². The number of nitrogens with zero attached hydrogens (tertiary/aromatic N) is 1. The molecule has 1 heterocycles. The Labute approximate surface area is 138 Å². The van der Waals surface area contributed by atoms with E-state index >= 15 is 0 Å². The summed E-state index contributed by atoms with van der Waals surface area (Å²) in [6.45, 7) is 6.51. The van der Waals surface area contributed by atoms with Gasteiger partial charge in [-0.05, 0) is 30.0 Å². The maximum Gasteiger partial charge on any atom is 0.255 e. The molecule has 23 heavy (non-hydrogen) atoms. The van der Waals surface area contributed by atoms with Gasteiger partial charge in [-0.25, -0.2) is 0 Å². The third-order valence-corrected chi connectivity index (χ3v) is 3.91. The van der Waals surface area contributed by atoms with Crippen LogP contribution < -0.4 is 5.32 Å². The summed E-state index contributed by atoms with van der Waals surface area (Å²) >= 11 is 0. The van der Waals surface area contributed by atoms with E-state index in [9.17, 15) is 14.4 Å². The molecule has 0 aliphatic carbocycles. The molecule has 2 amide bonds. The molecule has 0 saturated heterocycles. The predicted molar refractivity (Wildman–Crippen MR) is 90.2 cm³/mol. The lowest BCUT2D eigenvalue weighted by atomic mass is 10.0. The third-order valence-electron chi connectivity index (χ3n) is 3.91. The largest absolute Gasteiger partial charge is 0.359 e. The number of carbonyl (C=O) groups is 3. The molecule has 0 bridgehead atoms. The lowest BCUT2D eigenvalue weighted by Gasteiger charge is -2.22. The molecule has 1 aliphatic heterocycles. The van der Waals surface area contributed by atoms with Crippen LogP contribution in [-0.4, -0.2) is 36.1 Å². The minimum atomic E-state index is -0.549. The first-order chi connectivity index (χ1) is 11.1. The number of aryl methyl sites for hydroxylation is 1. The van der Waals surface area contributed by atoms with E-state index in [-0.39, 0.29) is 18.2 Å². The summed E-state index contributed by atoms with van der Waals surface area (Å²) in [6.07, 6.45) is 2.26. The topological polar surface area (TPSA) is 66.5 Å². The van der Waals surface area contributed by atoms with Crippen molar-refractivity contribution in [1.29, 1.82) is 0 Å². The van der Waals surface area contributed by atoms with E-state index in [1.165, 1.54) is 5.56 Å². The standard InChI is InChI=1S/C16H20N2O3.C2H6/c1-3-11-4-6-14-12(8-11)9-18(16(14)21)13(10-19)5-7-15(20)17-2;1-2/h4,6,8,10,13H,3,5,7,9H2,1-2H3,(H,17,20);1-2H3. The van der Waals surface area contributed by atoms with Gasteiger partial charge in [0.1, 0.15) is 6.29 Å². The molecule has 1 aromatic carbocycles. The fourth-order valence-electron chi connectivity index (χ4n) is 2.59. The molecule has 5 nitrogen and oxygen atoms in total. The monoisotopic (exact) mass is 318 g/mol. The Kier molecular flexibility index (Phi) is 7.45. The average molecular weight is 318 g/mol. The van der Waals surface area contributed by atoms with Crippen LogP contribution in [0.25, 0.3) is 0 Å². The van der Waals surface area contributed by atoms with Gasteiger partial charge in [-0.3, -0.25) is 9.59 Å². The van der Waals surface area contributed by atoms with E-state index in [1.807, 2.05) is 32.0 Å². The highest BCUT2D eigenvalue weighted by atomic mass is 16.2. The first kappa shape index (κ1) is 18.9. The quantitative estimate of drug-likeness (QED) is 0.819. The van der Waals surface area contributed by atoms with Crippen molar-refractivity contribution in [3.05, 3.63) is 34.9 Å². The van der Waals surface area contributed by atoms with E-state index in [0.29, 0.717) is 18.5 Å². The fourth-order valence-corrected chi connectivity index (χ4v) is 2.59. The molecule has 0 fully saturated rings. The van der Waals surface area contributed by atoms with Crippen molar-refractivity contribution in [3.8, 4) is 0 Å². The van der Waals surface area contributed by atoms with Gasteiger partial charge in [0.25, 0.3) is 5.91 Å². The summed E-state index contributed by atoms with van der Waals surface area (Å²) in [4.78, 5) is 36.5. The summed E-state index contributed by atoms with van der Waals surface area (Å²) in [5.41, 5.74) is 2.81. The number of rotatable bonds is 6. The molecule has 1 aliphatic rings. The number of hydrogen-bond acceptors (Lipinski definition) is 3. The van der Waals surface area contributed by atoms with Crippen molar-refractivity contribution in [2.75, 3.05) is 7.05 Å². The molecule has 2 rings (SSSR count). The number of fused-ring (bicyclic) bond motifs is 1. The molecule has 1 atom stereocenters. The van der Waals surface area contributed by atoms with Gasteiger partial charge in [0.15, 0.2) is 0 Å². The van der Waals surface area contributed by atoms with Crippen molar-refractivity contribution in [1.82, 2.24) is 10.2 Å². The van der Waals surface area contributed by atoms with Gasteiger partial charge in [0.05, 0.1) is 6.04 Å². The van der Waals surface area contributed by atoms with Crippen LogP contribution in [0.4, 0.5) is 0 Å². The summed E-state index contributed by atoms with van der Waals surface area (Å²) in [5, 5.41) is 2.52. The number of hydrogen-bond donors (Lipinski definition) is 1. The highest BCUT2D eigenvalue weighted by Crippen LogP contribution is 2.26. The molecule has 0 aromatic heterocycles. The van der Waals surface area contributed by atoms with Crippen LogP contribution >= 0.6 is 0 Å². The summed E-state index contributed by atoms with van der Waals surface area (Å²) in [5.74, 6) is -0.249. The van der Waals surface area contributed by atoms with Gasteiger partial charge in [-0.15, -0.1) is 0 Å². The van der Waals surface area contributed by atoms with Crippen LogP contribution in [0.2, 0.25) is 0 Å². The Hall–Kier alpha value is -2.17. The van der Waals surface area contributed by atoms with Crippen LogP contribution in [0.1, 0.15) is 55.1 Å². The molecule has 1 aromatic rings. The highest BCUT2D eigenvalue weighted by Gasteiger charge is 2.32. The van der Waals surface area contributed by atoms with E-state index in [0.717, 1.165) is 18.3 Å². The first-order valence-corrected chi connectivity index (χ1v) is 8.19. The van der Waals surface area contributed by atoms with Gasteiger partial charge >= 0.3 is 0 Å². The van der Waals surface area contributed by atoms with Gasteiger partial charge in [0.2, 0.25) is 5.91 Å². The second-order valence-electron chi connectivity index (χ2n) is 5.19. The molecule has 1 unspecified atom stereocenters. The summed E-state index contributed by atoms with van der Waals surface area (Å²) in [6, 6.07) is 5.25. The molecule has 0 spiro atoms. The first-order valence-electron chi connectivity index (χ1n) is 8.19. The number of benzene rings is 1. The number of carbonyl (C=O) groups excluding carboxylic acids is 3. The van der Waals surface area contributed by atoms with E-state index in [4.69, 9.17) is 0 Å². The summed E-state index contributed by atoms with van der Waals surface area (Å²) in [7, 11) is 1.56. The third kappa shape index (κ3) is 4.41. The van der Waals surface area contributed by atoms with Crippen LogP contribution in [0.15, 0.2) is 18.2 Å². The average Bonchev–Trinajstić information content (AvgIpc) is 2.93. The Morgan fingerprint density at radius 1 is 1.39 bits per heavy atom. The van der Waals surface area contributed by atoms with Crippen LogP contribution in [0.3, 0.4) is 0 Å². The highest BCUT2D eigenvalue weighted by molar-refractivity contribution is 5.99. The van der Waals surface area contributed by atoms with E-state index < -0.39 is 6.04 Å². The van der Waals surface area contributed by atoms with Crippen LogP contribution in [-0.2, 0) is 22.6 Å². The predicted octanol–water partition coefficient (Wildman–Crippen LogP) is 2.32. The van der Waals surface area contributed by atoms with Gasteiger partial charge in [-0.1, -0.05) is 32.9 Å².